The van der Waals surface area contributed by atoms with Gasteiger partial charge in [-0.1, -0.05) is 94.7 Å². The number of allylic oxidation sites excluding steroid dienone is 1. The van der Waals surface area contributed by atoms with Crippen molar-refractivity contribution in [2.24, 2.45) is 0 Å². The Kier molecular flexibility index (Phi) is 17.5. The standard InChI is InChI=1S/C34H51NO5/c1-5-6-7-8-9-10-11-12-13-14-15-16-34(40-26-30-19-23-32(38-4)24-20-30)33(35-28(2)36)27-39-25-29-17-21-31(37-3)22-18-29/h15-24,33-34H,5-14,25-27H2,1-4H3,(H,35,36)/b16-15+/t33-,34-/m1/s1. The molecule has 2 rings (SSSR count). The highest BCUT2D eigenvalue weighted by Gasteiger charge is 2.21. The van der Waals surface area contributed by atoms with Gasteiger partial charge in [-0.25, -0.2) is 0 Å². The first-order valence-electron chi connectivity index (χ1n) is 14.9. The van der Waals surface area contributed by atoms with Crippen molar-refractivity contribution in [2.45, 2.75) is 103 Å². The number of carbonyl (C=O) groups is 1. The Morgan fingerprint density at radius 1 is 0.775 bits per heavy atom. The van der Waals surface area contributed by atoms with Crippen LogP contribution in [0.25, 0.3) is 0 Å². The summed E-state index contributed by atoms with van der Waals surface area (Å²) in [5.74, 6) is 1.51. The Morgan fingerprint density at radius 2 is 1.30 bits per heavy atom. The predicted octanol–water partition coefficient (Wildman–Crippen LogP) is 7.79. The van der Waals surface area contributed by atoms with Gasteiger partial charge in [0.25, 0.3) is 0 Å². The molecule has 2 aromatic carbocycles. The first-order valence-corrected chi connectivity index (χ1v) is 14.9. The van der Waals surface area contributed by atoms with E-state index in [1.807, 2.05) is 48.5 Å². The van der Waals surface area contributed by atoms with Gasteiger partial charge in [0.05, 0.1) is 46.2 Å². The van der Waals surface area contributed by atoms with Crippen molar-refractivity contribution in [1.29, 1.82) is 0 Å². The molecule has 0 saturated carbocycles. The van der Waals surface area contributed by atoms with Crippen LogP contribution in [0, 0.1) is 0 Å². The molecule has 2 aromatic rings. The highest BCUT2D eigenvalue weighted by atomic mass is 16.5. The van der Waals surface area contributed by atoms with Crippen molar-refractivity contribution in [3.8, 4) is 11.5 Å². The van der Waals surface area contributed by atoms with E-state index in [1.165, 1.54) is 58.3 Å². The third-order valence-electron chi connectivity index (χ3n) is 6.91. The van der Waals surface area contributed by atoms with E-state index in [0.29, 0.717) is 19.8 Å². The zero-order valence-electron chi connectivity index (χ0n) is 25.2. The van der Waals surface area contributed by atoms with Crippen molar-refractivity contribution < 1.29 is 23.7 Å². The smallest absolute Gasteiger partial charge is 0.217 e. The normalized spacial score (nSPS) is 12.8. The third kappa shape index (κ3) is 14.5. The zero-order chi connectivity index (χ0) is 28.8. The maximum atomic E-state index is 12.1. The largest absolute Gasteiger partial charge is 0.497 e. The minimum absolute atomic E-state index is 0.108. The van der Waals surface area contributed by atoms with Gasteiger partial charge >= 0.3 is 0 Å². The molecule has 1 amide bonds. The molecular weight excluding hydrogens is 502 g/mol. The number of hydrogen-bond donors (Lipinski definition) is 1. The van der Waals surface area contributed by atoms with Crippen molar-refractivity contribution in [2.75, 3.05) is 20.8 Å². The van der Waals surface area contributed by atoms with Gasteiger partial charge in [-0.15, -0.1) is 0 Å². The van der Waals surface area contributed by atoms with Crippen LogP contribution in [0.4, 0.5) is 0 Å². The Bertz CT molecular complexity index is 942. The van der Waals surface area contributed by atoms with E-state index in [9.17, 15) is 4.79 Å². The van der Waals surface area contributed by atoms with E-state index >= 15 is 0 Å². The van der Waals surface area contributed by atoms with Gasteiger partial charge in [0.2, 0.25) is 5.91 Å². The molecule has 0 radical (unpaired) electrons. The number of carbonyl (C=O) groups excluding carboxylic acids is 1. The van der Waals surface area contributed by atoms with Crippen LogP contribution in [-0.2, 0) is 27.5 Å². The lowest BCUT2D eigenvalue weighted by Gasteiger charge is -2.26. The van der Waals surface area contributed by atoms with Crippen LogP contribution in [0.1, 0.15) is 89.2 Å². The Hall–Kier alpha value is -2.83. The summed E-state index contributed by atoms with van der Waals surface area (Å²) in [6.07, 6.45) is 16.7. The minimum Gasteiger partial charge on any atom is -0.497 e. The fourth-order valence-corrected chi connectivity index (χ4v) is 4.53. The second-order valence-corrected chi connectivity index (χ2v) is 10.3. The summed E-state index contributed by atoms with van der Waals surface area (Å²) in [5, 5.41) is 3.05. The lowest BCUT2D eigenvalue weighted by atomic mass is 10.1. The average molecular weight is 554 g/mol. The molecule has 40 heavy (non-hydrogen) atoms. The lowest BCUT2D eigenvalue weighted by Crippen LogP contribution is -2.46. The highest BCUT2D eigenvalue weighted by Crippen LogP contribution is 2.16. The molecule has 0 aromatic heterocycles. The van der Waals surface area contributed by atoms with Gasteiger partial charge < -0.3 is 24.3 Å². The SMILES string of the molecule is CCCCCCCCCCC/C=C/[C@@H](OCc1ccc(OC)cc1)[C@@H](COCc1ccc(OC)cc1)NC(C)=O. The second-order valence-electron chi connectivity index (χ2n) is 10.3. The first kappa shape index (κ1) is 33.4. The van der Waals surface area contributed by atoms with Crippen LogP contribution in [0.5, 0.6) is 11.5 Å². The van der Waals surface area contributed by atoms with Crippen LogP contribution < -0.4 is 14.8 Å². The van der Waals surface area contributed by atoms with Crippen LogP contribution in [0.15, 0.2) is 60.7 Å². The van der Waals surface area contributed by atoms with Crippen LogP contribution in [0.3, 0.4) is 0 Å². The maximum absolute atomic E-state index is 12.1. The molecule has 0 fully saturated rings. The van der Waals surface area contributed by atoms with Crippen LogP contribution in [0.2, 0.25) is 0 Å². The molecule has 1 N–H and O–H groups in total. The summed E-state index contributed by atoms with van der Waals surface area (Å²) in [6.45, 7) is 4.99. The first-order chi connectivity index (χ1) is 19.5. The molecule has 6 nitrogen and oxygen atoms in total. The molecule has 0 saturated heterocycles. The van der Waals surface area contributed by atoms with Gasteiger partial charge in [0.15, 0.2) is 0 Å². The van der Waals surface area contributed by atoms with E-state index in [1.54, 1.807) is 14.2 Å². The quantitative estimate of drug-likeness (QED) is 0.119. The Morgan fingerprint density at radius 3 is 1.82 bits per heavy atom. The van der Waals surface area contributed by atoms with Gasteiger partial charge in [0.1, 0.15) is 11.5 Å². The van der Waals surface area contributed by atoms with Crippen LogP contribution in [-0.4, -0.2) is 38.9 Å². The summed E-state index contributed by atoms with van der Waals surface area (Å²) < 4.78 is 22.9. The summed E-state index contributed by atoms with van der Waals surface area (Å²) >= 11 is 0. The van der Waals surface area contributed by atoms with E-state index in [-0.39, 0.29) is 18.1 Å². The van der Waals surface area contributed by atoms with Crippen molar-refractivity contribution in [3.05, 3.63) is 71.8 Å². The molecule has 222 valence electrons. The lowest BCUT2D eigenvalue weighted by molar-refractivity contribution is -0.121. The summed E-state index contributed by atoms with van der Waals surface area (Å²) in [5.41, 5.74) is 2.08. The molecule has 0 aliphatic carbocycles. The topological polar surface area (TPSA) is 66.0 Å². The Balaban J connectivity index is 1.93. The van der Waals surface area contributed by atoms with Crippen molar-refractivity contribution in [3.63, 3.8) is 0 Å². The van der Waals surface area contributed by atoms with Gasteiger partial charge in [0, 0.05) is 6.92 Å². The fraction of sp³-hybridized carbons (Fsp3) is 0.559. The number of methoxy groups -OCH3 is 2. The van der Waals surface area contributed by atoms with Crippen molar-refractivity contribution >= 4 is 5.91 Å². The van der Waals surface area contributed by atoms with Gasteiger partial charge in [-0.2, -0.15) is 0 Å². The number of benzene rings is 2. The number of hydrogen-bond acceptors (Lipinski definition) is 5. The molecule has 0 bridgehead atoms. The Labute approximate surface area is 242 Å². The summed E-state index contributed by atoms with van der Waals surface area (Å²) in [4.78, 5) is 12.1. The molecule has 0 aliphatic heterocycles. The number of nitrogens with one attached hydrogen (secondary N) is 1. The molecule has 0 spiro atoms. The van der Waals surface area contributed by atoms with Crippen LogP contribution >= 0.6 is 0 Å². The monoisotopic (exact) mass is 553 g/mol. The van der Waals surface area contributed by atoms with E-state index in [4.69, 9.17) is 18.9 Å². The van der Waals surface area contributed by atoms with Gasteiger partial charge in [-0.05, 0) is 48.2 Å². The summed E-state index contributed by atoms with van der Waals surface area (Å²) in [6, 6.07) is 15.3. The molecule has 0 heterocycles. The van der Waals surface area contributed by atoms with E-state index in [2.05, 4.69) is 24.4 Å². The zero-order valence-corrected chi connectivity index (χ0v) is 25.2. The number of unbranched alkanes of at least 4 members (excludes halogenated alkanes) is 9. The molecule has 2 atom stereocenters. The molecule has 0 unspecified atom stereocenters. The van der Waals surface area contributed by atoms with E-state index < -0.39 is 0 Å². The van der Waals surface area contributed by atoms with Gasteiger partial charge in [-0.3, -0.25) is 4.79 Å². The fourth-order valence-electron chi connectivity index (χ4n) is 4.53. The molecule has 0 aliphatic rings. The maximum Gasteiger partial charge on any atom is 0.217 e. The third-order valence-corrected chi connectivity index (χ3v) is 6.91. The van der Waals surface area contributed by atoms with Crippen molar-refractivity contribution in [1.82, 2.24) is 5.32 Å². The second kappa shape index (κ2) is 21.0. The van der Waals surface area contributed by atoms with E-state index in [0.717, 1.165) is 35.5 Å². The average Bonchev–Trinajstić information content (AvgIpc) is 2.97. The highest BCUT2D eigenvalue weighted by molar-refractivity contribution is 5.73. The minimum atomic E-state index is -0.319. The summed E-state index contributed by atoms with van der Waals surface area (Å²) in [7, 11) is 3.31. The number of rotatable bonds is 22. The number of amides is 1. The molecule has 6 heteroatoms. The molecular formula is C34H51NO5. The predicted molar refractivity (Wildman–Crippen MR) is 163 cm³/mol. The number of ether oxygens (including phenoxy) is 4.